The van der Waals surface area contributed by atoms with Crippen molar-refractivity contribution in [2.24, 2.45) is 0 Å². The van der Waals surface area contributed by atoms with E-state index in [0.29, 0.717) is 16.5 Å². The summed E-state index contributed by atoms with van der Waals surface area (Å²) in [6, 6.07) is 5.48. The fourth-order valence-electron chi connectivity index (χ4n) is 2.02. The Hall–Kier alpha value is -2.92. The number of nitrogens with zero attached hydrogens (tertiary/aromatic N) is 3. The van der Waals surface area contributed by atoms with Gasteiger partial charge in [0.05, 0.1) is 29.2 Å². The minimum atomic E-state index is -0.521. The number of anilines is 1. The zero-order valence-corrected chi connectivity index (χ0v) is 14.7. The number of nitrogens with one attached hydrogen (secondary N) is 2. The number of benzene rings is 1. The summed E-state index contributed by atoms with van der Waals surface area (Å²) >= 11 is 1.11. The quantitative estimate of drug-likeness (QED) is 0.349. The van der Waals surface area contributed by atoms with Gasteiger partial charge < -0.3 is 20.3 Å². The summed E-state index contributed by atoms with van der Waals surface area (Å²) in [5.41, 5.74) is 0.836. The van der Waals surface area contributed by atoms with Crippen molar-refractivity contribution in [2.75, 3.05) is 18.1 Å². The van der Waals surface area contributed by atoms with Crippen LogP contribution in [0.25, 0.3) is 0 Å². The second-order valence-corrected chi connectivity index (χ2v) is 6.03. The van der Waals surface area contributed by atoms with E-state index in [2.05, 4.69) is 15.6 Å². The highest BCUT2D eigenvalue weighted by Gasteiger charge is 2.14. The fraction of sp³-hybridized carbons (Fsp3) is 0.267. The average Bonchev–Trinajstić information content (AvgIpc) is 3.01. The average molecular weight is 379 g/mol. The lowest BCUT2D eigenvalue weighted by atomic mass is 10.3. The molecule has 1 aromatic heterocycles. The second-order valence-electron chi connectivity index (χ2n) is 5.09. The van der Waals surface area contributed by atoms with Gasteiger partial charge in [0.1, 0.15) is 6.54 Å². The number of nitro groups is 1. The number of thioether (sulfide) groups is 1. The van der Waals surface area contributed by atoms with E-state index in [1.165, 1.54) is 42.1 Å². The summed E-state index contributed by atoms with van der Waals surface area (Å²) in [5.74, 6) is -0.564. The third kappa shape index (κ3) is 5.04. The van der Waals surface area contributed by atoms with Crippen LogP contribution in [0.4, 0.5) is 11.4 Å². The monoisotopic (exact) mass is 379 g/mol. The molecule has 0 spiro atoms. The summed E-state index contributed by atoms with van der Waals surface area (Å²) in [6.07, 6.45) is 1.44. The Labute approximate surface area is 152 Å². The van der Waals surface area contributed by atoms with Crippen molar-refractivity contribution in [3.05, 3.63) is 46.3 Å². The van der Waals surface area contributed by atoms with Crippen LogP contribution in [-0.4, -0.2) is 44.2 Å². The summed E-state index contributed by atoms with van der Waals surface area (Å²) in [4.78, 5) is 37.8. The Morgan fingerprint density at radius 1 is 1.31 bits per heavy atom. The molecule has 0 fully saturated rings. The van der Waals surface area contributed by atoms with Crippen molar-refractivity contribution < 1.29 is 19.6 Å². The molecule has 11 heteroatoms. The van der Waals surface area contributed by atoms with Crippen LogP contribution in [0, 0.1) is 10.1 Å². The molecule has 2 amide bonds. The molecule has 2 aromatic rings. The molecule has 0 aliphatic carbocycles. The SMILES string of the molecule is CNC(=O)Cn1c(CO)cnc1SCC(=O)Nc1ccc([N+](=O)[O-])cc1. The van der Waals surface area contributed by atoms with Crippen molar-refractivity contribution in [1.29, 1.82) is 0 Å². The van der Waals surface area contributed by atoms with Gasteiger partial charge in [-0.3, -0.25) is 19.7 Å². The van der Waals surface area contributed by atoms with Crippen molar-refractivity contribution >= 4 is 35.0 Å². The smallest absolute Gasteiger partial charge is 0.269 e. The Morgan fingerprint density at radius 2 is 2.00 bits per heavy atom. The minimum absolute atomic E-state index is 0.0152. The molecule has 2 rings (SSSR count). The highest BCUT2D eigenvalue weighted by atomic mass is 32.2. The van der Waals surface area contributed by atoms with Gasteiger partial charge >= 0.3 is 0 Å². The number of rotatable bonds is 8. The van der Waals surface area contributed by atoms with Gasteiger partial charge in [-0.2, -0.15) is 0 Å². The number of carbonyl (C=O) groups is 2. The zero-order chi connectivity index (χ0) is 19.1. The zero-order valence-electron chi connectivity index (χ0n) is 13.8. The normalized spacial score (nSPS) is 10.4. The third-order valence-electron chi connectivity index (χ3n) is 3.34. The molecular formula is C15H17N5O5S. The number of non-ortho nitro benzene ring substituents is 1. The van der Waals surface area contributed by atoms with Crippen LogP contribution in [0.1, 0.15) is 5.69 Å². The standard InChI is InChI=1S/C15H17N5O5S/c1-16-13(22)7-19-12(8-21)6-17-15(19)26-9-14(23)18-10-2-4-11(5-3-10)20(24)25/h2-6,21H,7-9H2,1H3,(H,16,22)(H,18,23). The van der Waals surface area contributed by atoms with Crippen molar-refractivity contribution in [1.82, 2.24) is 14.9 Å². The topological polar surface area (TPSA) is 139 Å². The predicted octanol–water partition coefficient (Wildman–Crippen LogP) is 0.760. The van der Waals surface area contributed by atoms with E-state index in [1.807, 2.05) is 0 Å². The lowest BCUT2D eigenvalue weighted by molar-refractivity contribution is -0.384. The summed E-state index contributed by atoms with van der Waals surface area (Å²) in [7, 11) is 1.50. The number of aliphatic hydroxyl groups excluding tert-OH is 1. The highest BCUT2D eigenvalue weighted by Crippen LogP contribution is 2.20. The van der Waals surface area contributed by atoms with Crippen LogP contribution < -0.4 is 10.6 Å². The van der Waals surface area contributed by atoms with E-state index in [-0.39, 0.29) is 36.4 Å². The number of carbonyl (C=O) groups excluding carboxylic acids is 2. The number of hydrogen-bond acceptors (Lipinski definition) is 7. The van der Waals surface area contributed by atoms with Gasteiger partial charge in [-0.1, -0.05) is 11.8 Å². The lowest BCUT2D eigenvalue weighted by Gasteiger charge is -2.10. The van der Waals surface area contributed by atoms with E-state index in [9.17, 15) is 24.8 Å². The largest absolute Gasteiger partial charge is 0.390 e. The molecule has 1 aromatic carbocycles. The Morgan fingerprint density at radius 3 is 2.58 bits per heavy atom. The van der Waals surface area contributed by atoms with Crippen molar-refractivity contribution in [3.8, 4) is 0 Å². The maximum absolute atomic E-state index is 12.0. The van der Waals surface area contributed by atoms with Crippen LogP contribution in [0.2, 0.25) is 0 Å². The number of nitro benzene ring substituents is 1. The predicted molar refractivity (Wildman–Crippen MR) is 94.7 cm³/mol. The molecule has 0 aliphatic heterocycles. The highest BCUT2D eigenvalue weighted by molar-refractivity contribution is 7.99. The van der Waals surface area contributed by atoms with Crippen LogP contribution in [0.15, 0.2) is 35.6 Å². The molecule has 10 nitrogen and oxygen atoms in total. The van der Waals surface area contributed by atoms with Crippen LogP contribution in [-0.2, 0) is 22.7 Å². The first-order valence-corrected chi connectivity index (χ1v) is 8.46. The van der Waals surface area contributed by atoms with Gasteiger partial charge in [-0.05, 0) is 12.1 Å². The second kappa shape index (κ2) is 8.97. The number of aliphatic hydroxyl groups is 1. The molecule has 0 unspecified atom stereocenters. The Bertz CT molecular complexity index is 805. The van der Waals surface area contributed by atoms with Crippen LogP contribution >= 0.6 is 11.8 Å². The van der Waals surface area contributed by atoms with Gasteiger partial charge in [0.15, 0.2) is 5.16 Å². The molecule has 0 bridgehead atoms. The Kier molecular flexibility index (Phi) is 6.69. The first-order chi connectivity index (χ1) is 12.4. The first kappa shape index (κ1) is 19.4. The maximum Gasteiger partial charge on any atom is 0.269 e. The molecule has 0 atom stereocenters. The third-order valence-corrected chi connectivity index (χ3v) is 4.33. The molecule has 0 aliphatic rings. The van der Waals surface area contributed by atoms with E-state index >= 15 is 0 Å². The summed E-state index contributed by atoms with van der Waals surface area (Å²) < 4.78 is 1.53. The summed E-state index contributed by atoms with van der Waals surface area (Å²) in [5, 5.41) is 25.5. The van der Waals surface area contributed by atoms with Crippen molar-refractivity contribution in [3.63, 3.8) is 0 Å². The number of amides is 2. The molecule has 0 saturated heterocycles. The van der Waals surface area contributed by atoms with Gasteiger partial charge in [-0.15, -0.1) is 0 Å². The van der Waals surface area contributed by atoms with E-state index in [1.54, 1.807) is 0 Å². The first-order valence-electron chi connectivity index (χ1n) is 7.47. The molecule has 138 valence electrons. The number of imidazole rings is 1. The van der Waals surface area contributed by atoms with Gasteiger partial charge in [0.2, 0.25) is 11.8 Å². The number of hydrogen-bond donors (Lipinski definition) is 3. The van der Waals surface area contributed by atoms with E-state index < -0.39 is 4.92 Å². The van der Waals surface area contributed by atoms with Gasteiger partial charge in [-0.25, -0.2) is 4.98 Å². The molecule has 0 saturated carbocycles. The Balaban J connectivity index is 1.97. The molecule has 26 heavy (non-hydrogen) atoms. The molecule has 3 N–H and O–H groups in total. The molecular weight excluding hydrogens is 362 g/mol. The summed E-state index contributed by atoms with van der Waals surface area (Å²) in [6.45, 7) is -0.293. The van der Waals surface area contributed by atoms with Gasteiger partial charge in [0, 0.05) is 24.9 Å². The molecule has 1 heterocycles. The van der Waals surface area contributed by atoms with Gasteiger partial charge in [0.25, 0.3) is 5.69 Å². The molecule has 0 radical (unpaired) electrons. The number of likely N-dealkylation sites (N-methyl/N-ethyl adjacent to an activating group) is 1. The maximum atomic E-state index is 12.0. The van der Waals surface area contributed by atoms with E-state index in [4.69, 9.17) is 0 Å². The van der Waals surface area contributed by atoms with Crippen LogP contribution in [0.5, 0.6) is 0 Å². The minimum Gasteiger partial charge on any atom is -0.390 e. The lowest BCUT2D eigenvalue weighted by Crippen LogP contribution is -2.25. The van der Waals surface area contributed by atoms with E-state index in [0.717, 1.165) is 11.8 Å². The van der Waals surface area contributed by atoms with Crippen molar-refractivity contribution in [2.45, 2.75) is 18.3 Å². The van der Waals surface area contributed by atoms with Crippen LogP contribution in [0.3, 0.4) is 0 Å². The number of aromatic nitrogens is 2. The fourth-order valence-corrected chi connectivity index (χ4v) is 2.82.